The Morgan fingerprint density at radius 3 is 2.73 bits per heavy atom. The average Bonchev–Trinajstić information content (AvgIpc) is 3.00. The number of nitrogens with one attached hydrogen (secondary N) is 1. The lowest BCUT2D eigenvalue weighted by molar-refractivity contribution is 0.0564. The molecule has 0 spiro atoms. The molecule has 0 saturated carbocycles. The third kappa shape index (κ3) is 3.11. The van der Waals surface area contributed by atoms with Crippen molar-refractivity contribution in [3.8, 4) is 11.3 Å². The Morgan fingerprint density at radius 2 is 2.00 bits per heavy atom. The second kappa shape index (κ2) is 6.72. The van der Waals surface area contributed by atoms with Gasteiger partial charge in [-0.2, -0.15) is 0 Å². The van der Waals surface area contributed by atoms with Gasteiger partial charge in [-0.15, -0.1) is 0 Å². The monoisotopic (exact) mass is 352 g/mol. The first kappa shape index (κ1) is 16.5. The molecule has 1 aliphatic heterocycles. The first-order valence-corrected chi connectivity index (χ1v) is 8.51. The van der Waals surface area contributed by atoms with Crippen LogP contribution in [0.25, 0.3) is 22.2 Å². The summed E-state index contributed by atoms with van der Waals surface area (Å²) >= 11 is 0. The molecule has 4 rings (SSSR count). The van der Waals surface area contributed by atoms with Crippen LogP contribution in [0.4, 0.5) is 10.7 Å². The van der Waals surface area contributed by atoms with Gasteiger partial charge >= 0.3 is 6.03 Å². The fourth-order valence-electron chi connectivity index (χ4n) is 2.95. The number of rotatable bonds is 2. The van der Waals surface area contributed by atoms with Crippen molar-refractivity contribution >= 4 is 22.9 Å². The number of carbonyl (C=O) groups is 1. The van der Waals surface area contributed by atoms with Crippen molar-refractivity contribution in [1.29, 1.82) is 0 Å². The Balaban J connectivity index is 1.61. The molecule has 26 heavy (non-hydrogen) atoms. The van der Waals surface area contributed by atoms with E-state index in [9.17, 15) is 4.79 Å². The van der Waals surface area contributed by atoms with Crippen LogP contribution in [0.15, 0.2) is 30.6 Å². The molecule has 8 heteroatoms. The molecule has 2 aromatic heterocycles. The van der Waals surface area contributed by atoms with Crippen LogP contribution in [-0.4, -0.2) is 56.8 Å². The molecule has 134 valence electrons. The number of benzene rings is 1. The highest BCUT2D eigenvalue weighted by Gasteiger charge is 2.17. The highest BCUT2D eigenvalue weighted by atomic mass is 16.5. The number of fused-ring (bicyclic) bond motifs is 1. The van der Waals surface area contributed by atoms with Crippen molar-refractivity contribution in [1.82, 2.24) is 24.4 Å². The van der Waals surface area contributed by atoms with Gasteiger partial charge in [0.15, 0.2) is 0 Å². The van der Waals surface area contributed by atoms with Crippen LogP contribution in [0.1, 0.15) is 5.82 Å². The minimum atomic E-state index is -0.203. The minimum Gasteiger partial charge on any atom is -0.378 e. The number of carbonyl (C=O) groups excluding carboxylic acids is 1. The number of hydrogen-bond acceptors (Lipinski definition) is 5. The minimum absolute atomic E-state index is 0.203. The number of imidazole rings is 1. The topological polar surface area (TPSA) is 85.2 Å². The Morgan fingerprint density at radius 1 is 1.19 bits per heavy atom. The Bertz CT molecular complexity index is 961. The molecule has 1 aromatic carbocycles. The zero-order chi connectivity index (χ0) is 18.1. The van der Waals surface area contributed by atoms with Crippen LogP contribution in [0, 0.1) is 6.92 Å². The van der Waals surface area contributed by atoms with Crippen LogP contribution in [0.5, 0.6) is 0 Å². The third-order valence-corrected chi connectivity index (χ3v) is 4.62. The van der Waals surface area contributed by atoms with Crippen LogP contribution in [0.2, 0.25) is 0 Å². The predicted molar refractivity (Wildman–Crippen MR) is 97.9 cm³/mol. The largest absolute Gasteiger partial charge is 0.378 e. The Hall–Kier alpha value is -3.00. The lowest BCUT2D eigenvalue weighted by Crippen LogP contribution is -2.43. The zero-order valence-corrected chi connectivity index (χ0v) is 14.8. The van der Waals surface area contributed by atoms with E-state index in [-0.39, 0.29) is 6.03 Å². The fraction of sp³-hybridized carbons (Fsp3) is 0.333. The second-order valence-electron chi connectivity index (χ2n) is 6.25. The van der Waals surface area contributed by atoms with Crippen LogP contribution in [-0.2, 0) is 11.8 Å². The molecule has 1 N–H and O–H groups in total. The molecule has 3 aromatic rings. The first-order valence-electron chi connectivity index (χ1n) is 8.51. The van der Waals surface area contributed by atoms with E-state index in [2.05, 4.69) is 20.3 Å². The van der Waals surface area contributed by atoms with Gasteiger partial charge in [0, 0.05) is 37.3 Å². The normalized spacial score (nSPS) is 14.6. The van der Waals surface area contributed by atoms with Crippen LogP contribution < -0.4 is 5.32 Å². The van der Waals surface area contributed by atoms with Crippen molar-refractivity contribution in [2.75, 3.05) is 31.6 Å². The molecule has 0 aliphatic carbocycles. The SMILES string of the molecule is Cc1ncc(-c2ccc3cnc(NC(=O)N4CCOCC4)nc3c2)n1C. The molecule has 3 heterocycles. The van der Waals surface area contributed by atoms with E-state index in [1.165, 1.54) is 0 Å². The van der Waals surface area contributed by atoms with Gasteiger partial charge in [0.1, 0.15) is 5.82 Å². The fourth-order valence-corrected chi connectivity index (χ4v) is 2.95. The number of ether oxygens (including phenoxy) is 1. The van der Waals surface area contributed by atoms with E-state index < -0.39 is 0 Å². The average molecular weight is 352 g/mol. The molecular formula is C18H20N6O2. The van der Waals surface area contributed by atoms with E-state index in [0.29, 0.717) is 32.3 Å². The lowest BCUT2D eigenvalue weighted by atomic mass is 10.1. The Labute approximate surface area is 150 Å². The summed E-state index contributed by atoms with van der Waals surface area (Å²) in [5.74, 6) is 1.24. The summed E-state index contributed by atoms with van der Waals surface area (Å²) in [6.45, 7) is 4.22. The molecule has 0 radical (unpaired) electrons. The van der Waals surface area contributed by atoms with Gasteiger partial charge in [-0.25, -0.2) is 19.7 Å². The van der Waals surface area contributed by atoms with Crippen molar-refractivity contribution < 1.29 is 9.53 Å². The number of hydrogen-bond donors (Lipinski definition) is 1. The standard InChI is InChI=1S/C18H20N6O2/c1-12-19-11-16(23(12)2)13-3-4-14-10-20-17(21-15(14)9-13)22-18(25)24-5-7-26-8-6-24/h3-4,9-11H,5-8H2,1-2H3,(H,20,21,22,25). The van der Waals surface area contributed by atoms with E-state index in [1.807, 2.05) is 42.9 Å². The van der Waals surface area contributed by atoms with Crippen molar-refractivity contribution in [2.45, 2.75) is 6.92 Å². The van der Waals surface area contributed by atoms with Crippen molar-refractivity contribution in [3.05, 3.63) is 36.4 Å². The summed E-state index contributed by atoms with van der Waals surface area (Å²) in [7, 11) is 1.98. The summed E-state index contributed by atoms with van der Waals surface area (Å²) in [5, 5.41) is 3.68. The predicted octanol–water partition coefficient (Wildman–Crippen LogP) is 2.20. The number of nitrogens with zero attached hydrogens (tertiary/aromatic N) is 5. The maximum absolute atomic E-state index is 12.3. The summed E-state index contributed by atoms with van der Waals surface area (Å²) in [5.41, 5.74) is 2.81. The smallest absolute Gasteiger partial charge is 0.324 e. The molecular weight excluding hydrogens is 332 g/mol. The zero-order valence-electron chi connectivity index (χ0n) is 14.8. The third-order valence-electron chi connectivity index (χ3n) is 4.62. The molecule has 0 atom stereocenters. The summed E-state index contributed by atoms with van der Waals surface area (Å²) in [4.78, 5) is 27.1. The lowest BCUT2D eigenvalue weighted by Gasteiger charge is -2.26. The second-order valence-corrected chi connectivity index (χ2v) is 6.25. The highest BCUT2D eigenvalue weighted by Crippen LogP contribution is 2.24. The van der Waals surface area contributed by atoms with E-state index >= 15 is 0 Å². The molecule has 1 saturated heterocycles. The van der Waals surface area contributed by atoms with Crippen LogP contribution in [0.3, 0.4) is 0 Å². The summed E-state index contributed by atoms with van der Waals surface area (Å²) in [6, 6.07) is 5.78. The van der Waals surface area contributed by atoms with Gasteiger partial charge < -0.3 is 14.2 Å². The molecule has 0 bridgehead atoms. The van der Waals surface area contributed by atoms with E-state index in [4.69, 9.17) is 4.74 Å². The number of aromatic nitrogens is 4. The number of anilines is 1. The van der Waals surface area contributed by atoms with E-state index in [1.54, 1.807) is 11.1 Å². The van der Waals surface area contributed by atoms with Crippen molar-refractivity contribution in [2.24, 2.45) is 7.05 Å². The maximum atomic E-state index is 12.3. The maximum Gasteiger partial charge on any atom is 0.324 e. The van der Waals surface area contributed by atoms with Gasteiger partial charge in [-0.1, -0.05) is 12.1 Å². The van der Waals surface area contributed by atoms with Gasteiger partial charge in [-0.3, -0.25) is 5.32 Å². The molecule has 2 amide bonds. The Kier molecular flexibility index (Phi) is 4.26. The quantitative estimate of drug-likeness (QED) is 0.764. The first-order chi connectivity index (χ1) is 12.6. The van der Waals surface area contributed by atoms with Gasteiger partial charge in [0.05, 0.1) is 30.6 Å². The number of amides is 2. The van der Waals surface area contributed by atoms with Crippen LogP contribution >= 0.6 is 0 Å². The molecule has 1 aliphatic rings. The number of morpholine rings is 1. The summed E-state index contributed by atoms with van der Waals surface area (Å²) < 4.78 is 7.30. The molecule has 8 nitrogen and oxygen atoms in total. The van der Waals surface area contributed by atoms with Crippen molar-refractivity contribution in [3.63, 3.8) is 0 Å². The van der Waals surface area contributed by atoms with Gasteiger partial charge in [0.2, 0.25) is 5.95 Å². The number of aryl methyl sites for hydroxylation is 1. The summed E-state index contributed by atoms with van der Waals surface area (Å²) in [6.07, 6.45) is 3.56. The highest BCUT2D eigenvalue weighted by molar-refractivity contribution is 5.89. The molecule has 0 unspecified atom stereocenters. The molecule has 1 fully saturated rings. The number of urea groups is 1. The van der Waals surface area contributed by atoms with E-state index in [0.717, 1.165) is 28.0 Å². The van der Waals surface area contributed by atoms with Gasteiger partial charge in [-0.05, 0) is 13.0 Å². The van der Waals surface area contributed by atoms with Gasteiger partial charge in [0.25, 0.3) is 0 Å².